The van der Waals surface area contributed by atoms with Crippen molar-refractivity contribution < 1.29 is 29.3 Å². The van der Waals surface area contributed by atoms with Gasteiger partial charge in [0.05, 0.1) is 0 Å². The van der Waals surface area contributed by atoms with E-state index in [9.17, 15) is 9.59 Å². The van der Waals surface area contributed by atoms with E-state index in [-0.39, 0.29) is 0 Å². The summed E-state index contributed by atoms with van der Waals surface area (Å²) in [6.45, 7) is 3.25. The summed E-state index contributed by atoms with van der Waals surface area (Å²) in [5.41, 5.74) is 1.32. The number of rotatable bonds is 7. The Balaban J connectivity index is 0.000000968. The molecule has 0 aliphatic rings. The molecule has 0 aromatic heterocycles. The molecule has 0 amide bonds. The normalized spacial score (nSPS) is 10.4. The number of ether oxygens (including phenoxy) is 2. The summed E-state index contributed by atoms with van der Waals surface area (Å²) >= 11 is 0. The minimum absolute atomic E-state index is 0.382. The summed E-state index contributed by atoms with van der Waals surface area (Å²) in [5, 5.41) is 21.8. The maximum absolute atomic E-state index is 11.1. The molecule has 33 heavy (non-hydrogen) atoms. The van der Waals surface area contributed by atoms with E-state index in [0.717, 1.165) is 21.5 Å². The molecule has 170 valence electrons. The molecule has 0 unspecified atom stereocenters. The van der Waals surface area contributed by atoms with Crippen molar-refractivity contribution in [3.05, 3.63) is 72.8 Å². The van der Waals surface area contributed by atoms with Crippen molar-refractivity contribution >= 4 is 33.5 Å². The van der Waals surface area contributed by atoms with Gasteiger partial charge in [-0.1, -0.05) is 80.9 Å². The van der Waals surface area contributed by atoms with Crippen LogP contribution in [0.3, 0.4) is 0 Å². The highest BCUT2D eigenvalue weighted by Gasteiger charge is 2.20. The predicted octanol–water partition coefficient (Wildman–Crippen LogP) is 6.00. The number of carboxylic acids is 2. The number of aliphatic carboxylic acids is 2. The number of carbonyl (C=O) groups is 2. The molecule has 6 nitrogen and oxygen atoms in total. The van der Waals surface area contributed by atoms with Crippen LogP contribution in [0.5, 0.6) is 11.5 Å². The van der Waals surface area contributed by atoms with Crippen LogP contribution < -0.4 is 9.47 Å². The Morgan fingerprint density at radius 1 is 0.636 bits per heavy atom. The van der Waals surface area contributed by atoms with Crippen molar-refractivity contribution in [3.63, 3.8) is 0 Å². The van der Waals surface area contributed by atoms with Crippen molar-refractivity contribution in [1.82, 2.24) is 0 Å². The lowest BCUT2D eigenvalue weighted by molar-refractivity contribution is -0.140. The first-order valence-electron chi connectivity index (χ1n) is 10.7. The third-order valence-corrected chi connectivity index (χ3v) is 4.73. The molecule has 0 fully saturated rings. The van der Waals surface area contributed by atoms with E-state index in [0.29, 0.717) is 22.6 Å². The number of hydrogen-bond donors (Lipinski definition) is 2. The number of hydrogen-bond acceptors (Lipinski definition) is 4. The van der Waals surface area contributed by atoms with Gasteiger partial charge in [0.1, 0.15) is 11.5 Å². The summed E-state index contributed by atoms with van der Waals surface area (Å²) < 4.78 is 11.2. The monoisotopic (exact) mass is 446 g/mol. The van der Waals surface area contributed by atoms with Crippen LogP contribution in [0.15, 0.2) is 72.8 Å². The molecule has 2 N–H and O–H groups in total. The molecule has 0 aliphatic carbocycles. The Bertz CT molecular complexity index is 1180. The first kappa shape index (κ1) is 23.6. The molecule has 0 saturated heterocycles. The first-order chi connectivity index (χ1) is 16.0. The second-order valence-corrected chi connectivity index (χ2v) is 7.39. The maximum Gasteiger partial charge on any atom is 0.341 e. The minimum Gasteiger partial charge on any atom is -0.481 e. The summed E-state index contributed by atoms with van der Waals surface area (Å²) in [6.07, 6.45) is 1.25. The Labute approximate surface area is 192 Å². The van der Waals surface area contributed by atoms with E-state index in [4.69, 9.17) is 19.7 Å². The molecule has 0 aliphatic heterocycles. The van der Waals surface area contributed by atoms with E-state index in [1.165, 1.54) is 6.42 Å². The number of benzene rings is 4. The Morgan fingerprint density at radius 3 is 1.36 bits per heavy atom. The lowest BCUT2D eigenvalue weighted by atomic mass is 9.92. The molecular weight excluding hydrogens is 420 g/mol. The Hall–Kier alpha value is -4.06. The molecule has 0 saturated carbocycles. The van der Waals surface area contributed by atoms with Crippen molar-refractivity contribution in [3.8, 4) is 22.6 Å². The summed E-state index contributed by atoms with van der Waals surface area (Å²) in [7, 11) is 0. The van der Waals surface area contributed by atoms with E-state index in [1.807, 2.05) is 60.7 Å². The Morgan fingerprint density at radius 2 is 1.00 bits per heavy atom. The molecule has 0 radical (unpaired) electrons. The van der Waals surface area contributed by atoms with E-state index in [2.05, 4.69) is 13.8 Å². The van der Waals surface area contributed by atoms with E-state index < -0.39 is 25.2 Å². The zero-order valence-electron chi connectivity index (χ0n) is 18.6. The molecule has 0 spiro atoms. The van der Waals surface area contributed by atoms with Gasteiger partial charge >= 0.3 is 11.9 Å². The van der Waals surface area contributed by atoms with Gasteiger partial charge in [-0.3, -0.25) is 0 Å². The van der Waals surface area contributed by atoms with Crippen LogP contribution in [0, 0.1) is 0 Å². The average Bonchev–Trinajstić information content (AvgIpc) is 2.81. The standard InChI is InChI=1S/C24H18O6.C3H8/c25-21(26)13-29-19-11-9-15-5-1-3-7-17(15)23(19)24-18-8-4-2-6-16(18)10-12-20(24)30-14-22(27)28;1-3-2/h1-12H,13-14H2,(H,25,26)(H,27,28);3H2,1-2H3. The van der Waals surface area contributed by atoms with Gasteiger partial charge in [0.2, 0.25) is 0 Å². The van der Waals surface area contributed by atoms with Gasteiger partial charge in [-0.25, -0.2) is 9.59 Å². The highest BCUT2D eigenvalue weighted by Crippen LogP contribution is 2.45. The smallest absolute Gasteiger partial charge is 0.341 e. The van der Waals surface area contributed by atoms with E-state index >= 15 is 0 Å². The molecule has 6 heteroatoms. The zero-order valence-corrected chi connectivity index (χ0v) is 18.6. The van der Waals surface area contributed by atoms with Gasteiger partial charge in [0.15, 0.2) is 13.2 Å². The molecule has 0 atom stereocenters. The fourth-order valence-electron chi connectivity index (χ4n) is 3.54. The topological polar surface area (TPSA) is 93.1 Å². The maximum atomic E-state index is 11.1. The SMILES string of the molecule is CCC.O=C(O)COc1ccc2ccccc2c1-c1c(OCC(=O)O)ccc2ccccc12. The number of carboxylic acid groups (broad SMARTS) is 2. The van der Waals surface area contributed by atoms with Crippen molar-refractivity contribution in [1.29, 1.82) is 0 Å². The molecular formula is C27H26O6. The fraction of sp³-hybridized carbons (Fsp3) is 0.185. The van der Waals surface area contributed by atoms with Crippen LogP contribution in [0.4, 0.5) is 0 Å². The summed E-state index contributed by atoms with van der Waals surface area (Å²) in [5.74, 6) is -1.41. The highest BCUT2D eigenvalue weighted by molar-refractivity contribution is 6.09. The molecule has 4 aromatic carbocycles. The number of fused-ring (bicyclic) bond motifs is 2. The van der Waals surface area contributed by atoms with Gasteiger partial charge in [-0.05, 0) is 33.7 Å². The highest BCUT2D eigenvalue weighted by atomic mass is 16.5. The summed E-state index contributed by atoms with van der Waals surface area (Å²) in [6, 6.07) is 22.5. The predicted molar refractivity (Wildman–Crippen MR) is 129 cm³/mol. The van der Waals surface area contributed by atoms with Crippen molar-refractivity contribution in [2.24, 2.45) is 0 Å². The van der Waals surface area contributed by atoms with Crippen LogP contribution in [0.1, 0.15) is 20.3 Å². The van der Waals surface area contributed by atoms with Gasteiger partial charge in [-0.15, -0.1) is 0 Å². The first-order valence-corrected chi connectivity index (χ1v) is 10.7. The molecule has 0 heterocycles. The van der Waals surface area contributed by atoms with Crippen molar-refractivity contribution in [2.45, 2.75) is 20.3 Å². The molecule has 0 bridgehead atoms. The quantitative estimate of drug-likeness (QED) is 0.361. The second-order valence-electron chi connectivity index (χ2n) is 7.39. The van der Waals surface area contributed by atoms with Gasteiger partial charge in [0.25, 0.3) is 0 Å². The van der Waals surface area contributed by atoms with Gasteiger partial charge in [-0.2, -0.15) is 0 Å². The van der Waals surface area contributed by atoms with Crippen LogP contribution in [0.2, 0.25) is 0 Å². The van der Waals surface area contributed by atoms with Crippen LogP contribution in [-0.2, 0) is 9.59 Å². The lowest BCUT2D eigenvalue weighted by Crippen LogP contribution is -2.11. The minimum atomic E-state index is -1.09. The zero-order chi connectivity index (χ0) is 23.8. The summed E-state index contributed by atoms with van der Waals surface area (Å²) in [4.78, 5) is 22.3. The third-order valence-electron chi connectivity index (χ3n) is 4.73. The largest absolute Gasteiger partial charge is 0.481 e. The van der Waals surface area contributed by atoms with Crippen molar-refractivity contribution in [2.75, 3.05) is 13.2 Å². The fourth-order valence-corrected chi connectivity index (χ4v) is 3.54. The lowest BCUT2D eigenvalue weighted by Gasteiger charge is -2.19. The van der Waals surface area contributed by atoms with E-state index in [1.54, 1.807) is 12.1 Å². The van der Waals surface area contributed by atoms with Crippen LogP contribution in [-0.4, -0.2) is 35.4 Å². The third kappa shape index (κ3) is 5.60. The van der Waals surface area contributed by atoms with Gasteiger partial charge in [0, 0.05) is 11.1 Å². The second kappa shape index (κ2) is 11.0. The van der Waals surface area contributed by atoms with Crippen LogP contribution >= 0.6 is 0 Å². The molecule has 4 aromatic rings. The Kier molecular flexibility index (Phi) is 7.86. The van der Waals surface area contributed by atoms with Crippen LogP contribution in [0.25, 0.3) is 32.7 Å². The average molecular weight is 446 g/mol. The van der Waals surface area contributed by atoms with Gasteiger partial charge < -0.3 is 19.7 Å². The molecule has 4 rings (SSSR count).